The van der Waals surface area contributed by atoms with Crippen LogP contribution in [0.5, 0.6) is 0 Å². The van der Waals surface area contributed by atoms with Gasteiger partial charge in [-0.2, -0.15) is 0 Å². The number of aliphatic hydroxyl groups is 2. The number of allylic oxidation sites excluding steroid dienone is 4. The first-order chi connectivity index (χ1) is 29.0. The Morgan fingerprint density at radius 2 is 0.847 bits per heavy atom. The second-order valence-corrected chi connectivity index (χ2v) is 18.0. The smallest absolute Gasteiger partial charge is 0.306 e. The summed E-state index contributed by atoms with van der Waals surface area (Å²) in [5.41, 5.74) is 0. The number of esters is 1. The molecule has 0 fully saturated rings. The predicted molar refractivity (Wildman–Crippen MR) is 255 cm³/mol. The van der Waals surface area contributed by atoms with E-state index in [9.17, 15) is 19.8 Å². The highest BCUT2D eigenvalue weighted by atomic mass is 16.5. The molecule has 0 aromatic carbocycles. The van der Waals surface area contributed by atoms with Gasteiger partial charge in [0.05, 0.1) is 25.2 Å². The van der Waals surface area contributed by atoms with Crippen LogP contribution in [0.15, 0.2) is 24.3 Å². The molecule has 0 aliphatic rings. The van der Waals surface area contributed by atoms with Crippen molar-refractivity contribution in [2.75, 3.05) is 6.61 Å². The molecule has 0 saturated carbocycles. The van der Waals surface area contributed by atoms with Crippen LogP contribution in [0.4, 0.5) is 0 Å². The molecule has 0 aromatic rings. The fraction of sp³-hybridized carbons (Fsp3) is 0.887. The van der Waals surface area contributed by atoms with Crippen molar-refractivity contribution in [3.63, 3.8) is 0 Å². The lowest BCUT2D eigenvalue weighted by molar-refractivity contribution is -0.151. The summed E-state index contributed by atoms with van der Waals surface area (Å²) in [4.78, 5) is 26.1. The minimum atomic E-state index is -0.787. The number of amides is 1. The number of hydrogen-bond acceptors (Lipinski definition) is 5. The van der Waals surface area contributed by atoms with Gasteiger partial charge in [0.15, 0.2) is 0 Å². The standard InChI is InChI=1S/C53H101NO5/c1-4-7-10-13-16-19-21-23-25-27-29-31-34-37-40-43-46-53(58)59-49(44-41-38-35-32-18-15-12-9-6-3)47-52(57)54-50(48-55)51(56)45-42-39-36-33-30-28-26-24-22-20-17-14-11-8-5-2/h25,27,29,31,49-51,55-56H,4-24,26,28,30,32-48H2,1-3H3,(H,54,57)/b27-25+,31-29+. The van der Waals surface area contributed by atoms with Gasteiger partial charge in [0.25, 0.3) is 0 Å². The van der Waals surface area contributed by atoms with Gasteiger partial charge in [-0.3, -0.25) is 9.59 Å². The van der Waals surface area contributed by atoms with E-state index in [1.165, 1.54) is 173 Å². The van der Waals surface area contributed by atoms with Gasteiger partial charge >= 0.3 is 5.97 Å². The van der Waals surface area contributed by atoms with E-state index in [4.69, 9.17) is 4.74 Å². The lowest BCUT2D eigenvalue weighted by Gasteiger charge is -2.24. The van der Waals surface area contributed by atoms with Gasteiger partial charge in [0.1, 0.15) is 6.10 Å². The van der Waals surface area contributed by atoms with Crippen molar-refractivity contribution < 1.29 is 24.5 Å². The third-order valence-electron chi connectivity index (χ3n) is 12.1. The number of ether oxygens (including phenoxy) is 1. The summed E-state index contributed by atoms with van der Waals surface area (Å²) in [5.74, 6) is -0.494. The first-order valence-electron chi connectivity index (χ1n) is 26.1. The summed E-state index contributed by atoms with van der Waals surface area (Å²) in [6.45, 7) is 6.48. The molecule has 0 aromatic heterocycles. The zero-order valence-corrected chi connectivity index (χ0v) is 39.7. The van der Waals surface area contributed by atoms with Gasteiger partial charge < -0.3 is 20.3 Å². The Balaban J connectivity index is 4.47. The van der Waals surface area contributed by atoms with Crippen molar-refractivity contribution in [3.8, 4) is 0 Å². The third kappa shape index (κ3) is 42.8. The molecule has 6 nitrogen and oxygen atoms in total. The van der Waals surface area contributed by atoms with E-state index in [2.05, 4.69) is 50.4 Å². The van der Waals surface area contributed by atoms with Crippen molar-refractivity contribution in [1.29, 1.82) is 0 Å². The van der Waals surface area contributed by atoms with Crippen molar-refractivity contribution >= 4 is 11.9 Å². The van der Waals surface area contributed by atoms with Gasteiger partial charge in [-0.05, 0) is 51.4 Å². The second-order valence-electron chi connectivity index (χ2n) is 18.0. The number of unbranched alkanes of at least 4 members (excludes halogenated alkanes) is 32. The molecule has 59 heavy (non-hydrogen) atoms. The van der Waals surface area contributed by atoms with Crippen LogP contribution < -0.4 is 5.32 Å². The van der Waals surface area contributed by atoms with Gasteiger partial charge in [0.2, 0.25) is 5.91 Å². The molecular weight excluding hydrogens is 731 g/mol. The second kappa shape index (κ2) is 47.4. The van der Waals surface area contributed by atoms with E-state index in [0.717, 1.165) is 57.8 Å². The molecule has 3 unspecified atom stereocenters. The molecule has 0 heterocycles. The molecule has 348 valence electrons. The topological polar surface area (TPSA) is 95.9 Å². The highest BCUT2D eigenvalue weighted by Gasteiger charge is 2.24. The van der Waals surface area contributed by atoms with Crippen LogP contribution in [-0.4, -0.2) is 46.9 Å². The molecule has 0 spiro atoms. The number of hydrogen-bond donors (Lipinski definition) is 3. The van der Waals surface area contributed by atoms with Crippen LogP contribution in [-0.2, 0) is 14.3 Å². The van der Waals surface area contributed by atoms with Crippen LogP contribution >= 0.6 is 0 Å². The SMILES string of the molecule is CCCCCCCCC/C=C/C=C/CCCCCC(=O)OC(CCCCCCCCCCC)CC(=O)NC(CO)C(O)CCCCCCCCCCCCCCCCC. The maximum Gasteiger partial charge on any atom is 0.306 e. The minimum absolute atomic E-state index is 0.0716. The predicted octanol–water partition coefficient (Wildman–Crippen LogP) is 15.5. The van der Waals surface area contributed by atoms with Gasteiger partial charge in [-0.25, -0.2) is 0 Å². The van der Waals surface area contributed by atoms with Crippen LogP contribution in [0.3, 0.4) is 0 Å². The summed E-state index contributed by atoms with van der Waals surface area (Å²) in [5, 5.41) is 23.7. The monoisotopic (exact) mass is 832 g/mol. The normalized spacial score (nSPS) is 13.4. The summed E-state index contributed by atoms with van der Waals surface area (Å²) in [6, 6.07) is -0.701. The van der Waals surface area contributed by atoms with E-state index in [-0.39, 0.29) is 24.9 Å². The summed E-state index contributed by atoms with van der Waals surface area (Å²) in [6.07, 6.45) is 53.8. The Labute approximate surface area is 367 Å². The molecule has 0 bridgehead atoms. The highest BCUT2D eigenvalue weighted by Crippen LogP contribution is 2.18. The number of carbonyl (C=O) groups is 2. The quantitative estimate of drug-likeness (QED) is 0.0322. The zero-order chi connectivity index (χ0) is 43.1. The Morgan fingerprint density at radius 3 is 1.25 bits per heavy atom. The zero-order valence-electron chi connectivity index (χ0n) is 39.7. The lowest BCUT2D eigenvalue weighted by atomic mass is 10.0. The van der Waals surface area contributed by atoms with E-state index in [1.807, 2.05) is 0 Å². The Bertz CT molecular complexity index is 935. The summed E-state index contributed by atoms with van der Waals surface area (Å²) < 4.78 is 5.91. The Hall–Kier alpha value is -1.66. The third-order valence-corrected chi connectivity index (χ3v) is 12.1. The number of rotatable bonds is 47. The minimum Gasteiger partial charge on any atom is -0.462 e. The average molecular weight is 832 g/mol. The highest BCUT2D eigenvalue weighted by molar-refractivity contribution is 5.77. The molecule has 3 atom stereocenters. The van der Waals surface area contributed by atoms with Crippen LogP contribution in [0.25, 0.3) is 0 Å². The Morgan fingerprint density at radius 1 is 0.492 bits per heavy atom. The first-order valence-corrected chi connectivity index (χ1v) is 26.1. The molecule has 6 heteroatoms. The molecule has 0 radical (unpaired) electrons. The van der Waals surface area contributed by atoms with Gasteiger partial charge in [-0.15, -0.1) is 0 Å². The maximum absolute atomic E-state index is 13.2. The van der Waals surface area contributed by atoms with E-state index in [0.29, 0.717) is 19.3 Å². The van der Waals surface area contributed by atoms with E-state index < -0.39 is 18.2 Å². The molecule has 0 aliphatic carbocycles. The number of aliphatic hydroxyl groups excluding tert-OH is 2. The van der Waals surface area contributed by atoms with Gasteiger partial charge in [-0.1, -0.05) is 238 Å². The average Bonchev–Trinajstić information content (AvgIpc) is 3.23. The summed E-state index contributed by atoms with van der Waals surface area (Å²) >= 11 is 0. The molecule has 1 amide bonds. The fourth-order valence-electron chi connectivity index (χ4n) is 8.07. The summed E-state index contributed by atoms with van der Waals surface area (Å²) in [7, 11) is 0. The molecule has 0 rings (SSSR count). The number of carbonyl (C=O) groups excluding carboxylic acids is 2. The lowest BCUT2D eigenvalue weighted by Crippen LogP contribution is -2.46. The number of nitrogens with one attached hydrogen (secondary N) is 1. The molecule has 0 saturated heterocycles. The van der Waals surface area contributed by atoms with Gasteiger partial charge in [0, 0.05) is 6.42 Å². The van der Waals surface area contributed by atoms with Crippen molar-refractivity contribution in [2.24, 2.45) is 0 Å². The van der Waals surface area contributed by atoms with Crippen molar-refractivity contribution in [1.82, 2.24) is 5.32 Å². The van der Waals surface area contributed by atoms with Crippen molar-refractivity contribution in [2.45, 2.75) is 296 Å². The van der Waals surface area contributed by atoms with Crippen molar-refractivity contribution in [3.05, 3.63) is 24.3 Å². The fourth-order valence-corrected chi connectivity index (χ4v) is 8.07. The van der Waals surface area contributed by atoms with E-state index >= 15 is 0 Å². The van der Waals surface area contributed by atoms with Crippen LogP contribution in [0.1, 0.15) is 278 Å². The molecule has 0 aliphatic heterocycles. The van der Waals surface area contributed by atoms with Crippen LogP contribution in [0.2, 0.25) is 0 Å². The van der Waals surface area contributed by atoms with E-state index in [1.54, 1.807) is 0 Å². The maximum atomic E-state index is 13.2. The molecule has 3 N–H and O–H groups in total. The molecular formula is C53H101NO5. The van der Waals surface area contributed by atoms with Crippen LogP contribution in [0, 0.1) is 0 Å². The first kappa shape index (κ1) is 57.3. The largest absolute Gasteiger partial charge is 0.462 e. The Kier molecular flexibility index (Phi) is 46.1.